The lowest BCUT2D eigenvalue weighted by Gasteiger charge is -2.23. The second kappa shape index (κ2) is 6.47. The van der Waals surface area contributed by atoms with Gasteiger partial charge in [0.2, 0.25) is 0 Å². The summed E-state index contributed by atoms with van der Waals surface area (Å²) < 4.78 is 10.4. The van der Waals surface area contributed by atoms with E-state index in [1.165, 1.54) is 19.2 Å². The number of carbonyl (C=O) groups is 2. The summed E-state index contributed by atoms with van der Waals surface area (Å²) in [4.78, 5) is 22.8. The van der Waals surface area contributed by atoms with Gasteiger partial charge in [0.05, 0.1) is 18.7 Å². The summed E-state index contributed by atoms with van der Waals surface area (Å²) >= 11 is 0. The van der Waals surface area contributed by atoms with Crippen LogP contribution in [0.1, 0.15) is 49.7 Å². The van der Waals surface area contributed by atoms with E-state index in [9.17, 15) is 9.59 Å². The molecule has 1 rings (SSSR count). The van der Waals surface area contributed by atoms with E-state index in [0.29, 0.717) is 11.3 Å². The van der Waals surface area contributed by atoms with E-state index in [0.717, 1.165) is 0 Å². The van der Waals surface area contributed by atoms with E-state index >= 15 is 0 Å². The molecule has 1 unspecified atom stereocenters. The molecule has 0 saturated carbocycles. The van der Waals surface area contributed by atoms with Crippen molar-refractivity contribution >= 4 is 12.1 Å². The minimum atomic E-state index is -1.04. The normalized spacial score (nSPS) is 12.4. The van der Waals surface area contributed by atoms with Crippen LogP contribution in [0.3, 0.4) is 0 Å². The van der Waals surface area contributed by atoms with Crippen LogP contribution in [-0.2, 0) is 4.74 Å². The molecule has 0 aliphatic rings. The second-order valence-electron chi connectivity index (χ2n) is 5.63. The number of hydrogen-bond donors (Lipinski definition) is 2. The zero-order valence-corrected chi connectivity index (χ0v) is 12.9. The molecular formula is C15H21NO5. The average Bonchev–Trinajstić information content (AvgIpc) is 2.35. The molecule has 21 heavy (non-hydrogen) atoms. The first-order valence-electron chi connectivity index (χ1n) is 6.55. The fourth-order valence-corrected chi connectivity index (χ4v) is 1.77. The van der Waals surface area contributed by atoms with Crippen LogP contribution in [0.2, 0.25) is 0 Å². The average molecular weight is 295 g/mol. The molecule has 116 valence electrons. The molecule has 0 spiro atoms. The molecule has 6 heteroatoms. The molecule has 6 nitrogen and oxygen atoms in total. The molecule has 0 bridgehead atoms. The fraction of sp³-hybridized carbons (Fsp3) is 0.467. The van der Waals surface area contributed by atoms with Gasteiger partial charge in [0.25, 0.3) is 0 Å². The van der Waals surface area contributed by atoms with Crippen LogP contribution in [0, 0.1) is 0 Å². The lowest BCUT2D eigenvalue weighted by Crippen LogP contribution is -2.34. The fourth-order valence-electron chi connectivity index (χ4n) is 1.77. The molecule has 1 atom stereocenters. The van der Waals surface area contributed by atoms with Crippen molar-refractivity contribution in [2.45, 2.75) is 39.3 Å². The van der Waals surface area contributed by atoms with Crippen LogP contribution in [0.5, 0.6) is 5.75 Å². The van der Waals surface area contributed by atoms with Crippen LogP contribution < -0.4 is 10.1 Å². The number of ether oxygens (including phenoxy) is 2. The van der Waals surface area contributed by atoms with Gasteiger partial charge in [0.1, 0.15) is 11.4 Å². The van der Waals surface area contributed by atoms with Crippen LogP contribution in [0.15, 0.2) is 18.2 Å². The van der Waals surface area contributed by atoms with Gasteiger partial charge >= 0.3 is 12.1 Å². The van der Waals surface area contributed by atoms with Crippen molar-refractivity contribution in [1.82, 2.24) is 5.32 Å². The minimum Gasteiger partial charge on any atom is -0.496 e. The van der Waals surface area contributed by atoms with Crippen LogP contribution in [0.4, 0.5) is 4.79 Å². The van der Waals surface area contributed by atoms with Crippen molar-refractivity contribution in [3.63, 3.8) is 0 Å². The number of carboxylic acids is 1. The lowest BCUT2D eigenvalue weighted by atomic mass is 10.0. The summed E-state index contributed by atoms with van der Waals surface area (Å²) in [6.45, 7) is 7.03. The zero-order chi connectivity index (χ0) is 16.2. The number of aromatic carboxylic acids is 1. The third-order valence-corrected chi connectivity index (χ3v) is 2.68. The van der Waals surface area contributed by atoms with Gasteiger partial charge in [-0.1, -0.05) is 0 Å². The number of alkyl carbamates (subject to hydrolysis) is 1. The van der Waals surface area contributed by atoms with Gasteiger partial charge in [-0.15, -0.1) is 0 Å². The van der Waals surface area contributed by atoms with Gasteiger partial charge in [-0.2, -0.15) is 0 Å². The maximum atomic E-state index is 11.8. The summed E-state index contributed by atoms with van der Waals surface area (Å²) in [6, 6.07) is 4.04. The molecule has 1 aromatic carbocycles. The number of rotatable bonds is 4. The Bertz CT molecular complexity index is 533. The van der Waals surface area contributed by atoms with Crippen LogP contribution >= 0.6 is 0 Å². The Hall–Kier alpha value is -2.24. The van der Waals surface area contributed by atoms with E-state index < -0.39 is 23.7 Å². The summed E-state index contributed by atoms with van der Waals surface area (Å²) in [7, 11) is 1.49. The van der Waals surface area contributed by atoms with Crippen molar-refractivity contribution in [2.75, 3.05) is 7.11 Å². The van der Waals surface area contributed by atoms with Crippen LogP contribution in [-0.4, -0.2) is 29.9 Å². The predicted octanol–water partition coefficient (Wildman–Crippen LogP) is 2.98. The van der Waals surface area contributed by atoms with Gasteiger partial charge in [-0.3, -0.25) is 0 Å². The number of hydrogen-bond acceptors (Lipinski definition) is 4. The molecule has 0 radical (unpaired) electrons. The largest absolute Gasteiger partial charge is 0.496 e. The molecule has 2 N–H and O–H groups in total. The Morgan fingerprint density at radius 2 is 1.90 bits per heavy atom. The Kier molecular flexibility index (Phi) is 5.18. The topological polar surface area (TPSA) is 84.9 Å². The Morgan fingerprint density at radius 1 is 1.29 bits per heavy atom. The highest BCUT2D eigenvalue weighted by atomic mass is 16.6. The highest BCUT2D eigenvalue weighted by Crippen LogP contribution is 2.26. The Morgan fingerprint density at radius 3 is 2.38 bits per heavy atom. The molecule has 0 saturated heterocycles. The maximum absolute atomic E-state index is 11.8. The van der Waals surface area contributed by atoms with Gasteiger partial charge < -0.3 is 19.9 Å². The highest BCUT2D eigenvalue weighted by molar-refractivity contribution is 5.88. The zero-order valence-electron chi connectivity index (χ0n) is 12.9. The van der Waals surface area contributed by atoms with Gasteiger partial charge in [0, 0.05) is 5.56 Å². The Labute approximate surface area is 124 Å². The number of carbonyl (C=O) groups excluding carboxylic acids is 1. The van der Waals surface area contributed by atoms with E-state index in [4.69, 9.17) is 14.6 Å². The summed E-state index contributed by atoms with van der Waals surface area (Å²) in [6.07, 6.45) is -0.571. The first-order chi connectivity index (χ1) is 9.64. The smallest absolute Gasteiger partial charge is 0.408 e. The quantitative estimate of drug-likeness (QED) is 0.892. The first kappa shape index (κ1) is 16.8. The van der Waals surface area contributed by atoms with Crippen molar-refractivity contribution in [2.24, 2.45) is 0 Å². The van der Waals surface area contributed by atoms with E-state index in [1.807, 2.05) is 0 Å². The SMILES string of the molecule is COc1ccc(C(=O)O)cc1C(C)NC(=O)OC(C)(C)C. The summed E-state index contributed by atoms with van der Waals surface area (Å²) in [5.41, 5.74) is 0.100. The first-order valence-corrected chi connectivity index (χ1v) is 6.55. The lowest BCUT2D eigenvalue weighted by molar-refractivity contribution is 0.0507. The van der Waals surface area contributed by atoms with Gasteiger partial charge in [-0.25, -0.2) is 9.59 Å². The predicted molar refractivity (Wildman–Crippen MR) is 77.7 cm³/mol. The molecular weight excluding hydrogens is 274 g/mol. The summed E-state index contributed by atoms with van der Waals surface area (Å²) in [5, 5.41) is 11.7. The second-order valence-corrected chi connectivity index (χ2v) is 5.63. The van der Waals surface area contributed by atoms with E-state index in [-0.39, 0.29) is 5.56 Å². The Balaban J connectivity index is 2.95. The monoisotopic (exact) mass is 295 g/mol. The molecule has 0 aromatic heterocycles. The third kappa shape index (κ3) is 4.98. The standard InChI is InChI=1S/C15H21NO5/c1-9(16-14(19)21-15(2,3)4)11-8-10(13(17)18)6-7-12(11)20-5/h6-9H,1-5H3,(H,16,19)(H,17,18). The molecule has 0 aliphatic heterocycles. The molecule has 1 amide bonds. The number of amides is 1. The van der Waals surface area contributed by atoms with E-state index in [2.05, 4.69) is 5.32 Å². The van der Waals surface area contributed by atoms with Crippen LogP contribution in [0.25, 0.3) is 0 Å². The number of carboxylic acid groups (broad SMARTS) is 1. The molecule has 0 aliphatic carbocycles. The number of nitrogens with one attached hydrogen (secondary N) is 1. The maximum Gasteiger partial charge on any atom is 0.408 e. The highest BCUT2D eigenvalue weighted by Gasteiger charge is 2.20. The molecule has 1 aromatic rings. The van der Waals surface area contributed by atoms with Crippen molar-refractivity contribution in [1.29, 1.82) is 0 Å². The van der Waals surface area contributed by atoms with Crippen molar-refractivity contribution < 1.29 is 24.2 Å². The number of methoxy groups -OCH3 is 1. The van der Waals surface area contributed by atoms with E-state index in [1.54, 1.807) is 33.8 Å². The van der Waals surface area contributed by atoms with Crippen molar-refractivity contribution in [3.05, 3.63) is 29.3 Å². The summed E-state index contributed by atoms with van der Waals surface area (Å²) in [5.74, 6) is -0.535. The van der Waals surface area contributed by atoms with Crippen molar-refractivity contribution in [3.8, 4) is 5.75 Å². The minimum absolute atomic E-state index is 0.128. The number of benzene rings is 1. The van der Waals surface area contributed by atoms with Gasteiger partial charge in [0.15, 0.2) is 0 Å². The molecule has 0 heterocycles. The molecule has 0 fully saturated rings. The third-order valence-electron chi connectivity index (χ3n) is 2.68. The van der Waals surface area contributed by atoms with Gasteiger partial charge in [-0.05, 0) is 45.9 Å².